The van der Waals surface area contributed by atoms with Crippen LogP contribution in [0.1, 0.15) is 6.92 Å². The lowest BCUT2D eigenvalue weighted by molar-refractivity contribution is -0.122. The molecule has 0 aliphatic rings. The van der Waals surface area contributed by atoms with Gasteiger partial charge in [-0.25, -0.2) is 4.68 Å². The Balaban J connectivity index is 2.26. The Morgan fingerprint density at radius 3 is 3.08 bits per heavy atom. The molecule has 0 spiro atoms. The highest BCUT2D eigenvalue weighted by atomic mass is 16.3. The predicted molar refractivity (Wildman–Crippen MR) is 42.5 cm³/mol. The van der Waals surface area contributed by atoms with Crippen molar-refractivity contribution in [3.8, 4) is 0 Å². The first-order valence-corrected chi connectivity index (χ1v) is 3.84. The van der Waals surface area contributed by atoms with Gasteiger partial charge in [0.2, 0.25) is 5.91 Å². The number of amides is 1. The maximum atomic E-state index is 11.1. The number of aliphatic hydroxyl groups excluding tert-OH is 1. The molecule has 0 aromatic carbocycles. The topological polar surface area (TPSA) is 92.9 Å². The first-order chi connectivity index (χ1) is 6.18. The molecule has 7 nitrogen and oxygen atoms in total. The van der Waals surface area contributed by atoms with Gasteiger partial charge in [0.15, 0.2) is 0 Å². The highest BCUT2D eigenvalue weighted by Crippen LogP contribution is 1.80. The van der Waals surface area contributed by atoms with Gasteiger partial charge in [-0.3, -0.25) is 4.79 Å². The zero-order valence-corrected chi connectivity index (χ0v) is 7.21. The Kier molecular flexibility index (Phi) is 3.32. The summed E-state index contributed by atoms with van der Waals surface area (Å²) in [5.74, 6) is -0.229. The summed E-state index contributed by atoms with van der Waals surface area (Å²) >= 11 is 0. The second kappa shape index (κ2) is 4.51. The molecule has 0 saturated heterocycles. The summed E-state index contributed by atoms with van der Waals surface area (Å²) in [5.41, 5.74) is 0. The predicted octanol–water partition coefficient (Wildman–Crippen LogP) is -1.83. The molecule has 0 bridgehead atoms. The van der Waals surface area contributed by atoms with Crippen molar-refractivity contribution >= 4 is 5.91 Å². The Morgan fingerprint density at radius 2 is 2.54 bits per heavy atom. The minimum absolute atomic E-state index is 0.0692. The quantitative estimate of drug-likeness (QED) is 0.575. The fraction of sp³-hybridized carbons (Fsp3) is 0.667. The van der Waals surface area contributed by atoms with Gasteiger partial charge in [0.25, 0.3) is 0 Å². The first kappa shape index (κ1) is 9.59. The van der Waals surface area contributed by atoms with Gasteiger partial charge in [-0.1, -0.05) is 0 Å². The van der Waals surface area contributed by atoms with Crippen LogP contribution in [0.25, 0.3) is 0 Å². The number of aromatic nitrogens is 4. The molecular formula is C6H11N5O2. The molecular weight excluding hydrogens is 174 g/mol. The van der Waals surface area contributed by atoms with E-state index < -0.39 is 6.10 Å². The Bertz CT molecular complexity index is 258. The van der Waals surface area contributed by atoms with E-state index in [-0.39, 0.29) is 19.0 Å². The Morgan fingerprint density at radius 1 is 1.77 bits per heavy atom. The summed E-state index contributed by atoms with van der Waals surface area (Å²) in [7, 11) is 0. The van der Waals surface area contributed by atoms with Crippen molar-refractivity contribution in [2.45, 2.75) is 19.6 Å². The van der Waals surface area contributed by atoms with Crippen LogP contribution in [0.5, 0.6) is 0 Å². The molecule has 72 valence electrons. The van der Waals surface area contributed by atoms with Crippen LogP contribution in [0.4, 0.5) is 0 Å². The van der Waals surface area contributed by atoms with Crippen LogP contribution in [-0.4, -0.2) is 43.9 Å². The lowest BCUT2D eigenvalue weighted by Gasteiger charge is -2.05. The van der Waals surface area contributed by atoms with Crippen molar-refractivity contribution < 1.29 is 9.90 Å². The summed E-state index contributed by atoms with van der Waals surface area (Å²) in [4.78, 5) is 11.1. The van der Waals surface area contributed by atoms with Gasteiger partial charge in [0.1, 0.15) is 12.9 Å². The third kappa shape index (κ3) is 3.61. The molecule has 0 aliphatic carbocycles. The number of tetrazole rings is 1. The lowest BCUT2D eigenvalue weighted by atomic mass is 10.4. The number of carbonyl (C=O) groups is 1. The highest BCUT2D eigenvalue weighted by molar-refractivity contribution is 5.75. The molecule has 0 unspecified atom stereocenters. The molecule has 1 aromatic heterocycles. The third-order valence-electron chi connectivity index (χ3n) is 1.29. The van der Waals surface area contributed by atoms with Gasteiger partial charge in [-0.15, -0.1) is 5.10 Å². The molecule has 0 saturated carbocycles. The van der Waals surface area contributed by atoms with E-state index in [9.17, 15) is 4.79 Å². The molecule has 1 aromatic rings. The van der Waals surface area contributed by atoms with Crippen LogP contribution >= 0.6 is 0 Å². The zero-order chi connectivity index (χ0) is 9.68. The van der Waals surface area contributed by atoms with Crippen molar-refractivity contribution in [3.05, 3.63) is 6.33 Å². The number of carbonyl (C=O) groups excluding carboxylic acids is 1. The first-order valence-electron chi connectivity index (χ1n) is 3.84. The van der Waals surface area contributed by atoms with Crippen molar-refractivity contribution in [1.29, 1.82) is 0 Å². The van der Waals surface area contributed by atoms with Gasteiger partial charge < -0.3 is 10.4 Å². The van der Waals surface area contributed by atoms with E-state index in [0.717, 1.165) is 0 Å². The lowest BCUT2D eigenvalue weighted by Crippen LogP contribution is -2.33. The monoisotopic (exact) mass is 185 g/mol. The fourth-order valence-electron chi connectivity index (χ4n) is 0.717. The molecule has 2 N–H and O–H groups in total. The van der Waals surface area contributed by atoms with Crippen molar-refractivity contribution in [2.75, 3.05) is 6.54 Å². The second-order valence-electron chi connectivity index (χ2n) is 2.66. The number of aliphatic hydroxyl groups is 1. The number of rotatable bonds is 4. The normalized spacial score (nSPS) is 12.5. The van der Waals surface area contributed by atoms with Crippen LogP contribution in [0, 0.1) is 0 Å². The molecule has 7 heteroatoms. The summed E-state index contributed by atoms with van der Waals surface area (Å²) in [6.07, 6.45) is 0.805. The van der Waals surface area contributed by atoms with E-state index in [1.807, 2.05) is 0 Å². The number of nitrogens with zero attached hydrogens (tertiary/aromatic N) is 4. The van der Waals surface area contributed by atoms with Gasteiger partial charge in [-0.05, 0) is 17.4 Å². The van der Waals surface area contributed by atoms with Crippen molar-refractivity contribution in [3.63, 3.8) is 0 Å². The van der Waals surface area contributed by atoms with Gasteiger partial charge in [0.05, 0.1) is 6.10 Å². The zero-order valence-electron chi connectivity index (χ0n) is 7.21. The average molecular weight is 185 g/mol. The summed E-state index contributed by atoms with van der Waals surface area (Å²) in [6, 6.07) is 0. The summed E-state index contributed by atoms with van der Waals surface area (Å²) in [6.45, 7) is 1.90. The number of nitrogens with one attached hydrogen (secondary N) is 1. The third-order valence-corrected chi connectivity index (χ3v) is 1.29. The van der Waals surface area contributed by atoms with Gasteiger partial charge >= 0.3 is 0 Å². The van der Waals surface area contributed by atoms with E-state index in [1.165, 1.54) is 11.0 Å². The summed E-state index contributed by atoms with van der Waals surface area (Å²) < 4.78 is 1.30. The highest BCUT2D eigenvalue weighted by Gasteiger charge is 2.04. The molecule has 1 amide bonds. The van der Waals surface area contributed by atoms with Gasteiger partial charge in [0, 0.05) is 6.54 Å². The Hall–Kier alpha value is -1.50. The largest absolute Gasteiger partial charge is 0.392 e. The standard InChI is InChI=1S/C6H11N5O2/c1-5(12)2-7-6(13)3-11-4-8-9-10-11/h4-5,12H,2-3H2,1H3,(H,7,13)/t5-/m1/s1. The Labute approximate surface area is 74.7 Å². The molecule has 0 aliphatic heterocycles. The van der Waals surface area contributed by atoms with E-state index in [1.54, 1.807) is 6.92 Å². The number of hydrogen-bond donors (Lipinski definition) is 2. The molecule has 13 heavy (non-hydrogen) atoms. The number of hydrogen-bond acceptors (Lipinski definition) is 5. The SMILES string of the molecule is C[C@@H](O)CNC(=O)Cn1cnnn1. The van der Waals surface area contributed by atoms with Crippen LogP contribution in [-0.2, 0) is 11.3 Å². The molecule has 0 radical (unpaired) electrons. The minimum atomic E-state index is -0.544. The minimum Gasteiger partial charge on any atom is -0.392 e. The van der Waals surface area contributed by atoms with Crippen molar-refractivity contribution in [2.24, 2.45) is 0 Å². The van der Waals surface area contributed by atoms with Crippen LogP contribution < -0.4 is 5.32 Å². The van der Waals surface area contributed by atoms with Crippen LogP contribution in [0.2, 0.25) is 0 Å². The molecule has 1 atom stereocenters. The van der Waals surface area contributed by atoms with Crippen LogP contribution in [0.3, 0.4) is 0 Å². The van der Waals surface area contributed by atoms with Crippen LogP contribution in [0.15, 0.2) is 6.33 Å². The maximum absolute atomic E-state index is 11.1. The summed E-state index contributed by atoms with van der Waals surface area (Å²) in [5, 5.41) is 21.6. The van der Waals surface area contributed by atoms with Crippen molar-refractivity contribution in [1.82, 2.24) is 25.5 Å². The van der Waals surface area contributed by atoms with E-state index in [0.29, 0.717) is 0 Å². The van der Waals surface area contributed by atoms with E-state index in [2.05, 4.69) is 20.8 Å². The van der Waals surface area contributed by atoms with Gasteiger partial charge in [-0.2, -0.15) is 0 Å². The average Bonchev–Trinajstić information content (AvgIpc) is 2.53. The maximum Gasteiger partial charge on any atom is 0.241 e. The van der Waals surface area contributed by atoms with E-state index in [4.69, 9.17) is 5.11 Å². The molecule has 1 rings (SSSR count). The molecule has 0 fully saturated rings. The smallest absolute Gasteiger partial charge is 0.241 e. The fourth-order valence-corrected chi connectivity index (χ4v) is 0.717. The second-order valence-corrected chi connectivity index (χ2v) is 2.66. The molecule has 1 heterocycles. The van der Waals surface area contributed by atoms with E-state index >= 15 is 0 Å².